The van der Waals surface area contributed by atoms with Crippen molar-refractivity contribution in [2.45, 2.75) is 71.8 Å². The number of likely N-dealkylation sites (tertiary alicyclic amines) is 1. The molecule has 2 nitrogen and oxygen atoms in total. The van der Waals surface area contributed by atoms with Crippen LogP contribution in [0, 0.1) is 11.3 Å². The number of rotatable bonds is 5. The summed E-state index contributed by atoms with van der Waals surface area (Å²) in [4.78, 5) is 2.73. The maximum Gasteiger partial charge on any atom is 0.0223 e. The number of likely N-dealkylation sites (N-methyl/N-ethyl adjacent to an activating group) is 1. The zero-order valence-electron chi connectivity index (χ0n) is 13.4. The number of nitrogens with zero attached hydrogens (tertiary/aromatic N) is 1. The molecule has 2 rings (SSSR count). The van der Waals surface area contributed by atoms with Crippen molar-refractivity contribution in [2.75, 3.05) is 26.2 Å². The summed E-state index contributed by atoms with van der Waals surface area (Å²) in [5, 5.41) is 3.79. The van der Waals surface area contributed by atoms with Gasteiger partial charge < -0.3 is 10.2 Å². The van der Waals surface area contributed by atoms with E-state index in [0.717, 1.165) is 18.5 Å². The fourth-order valence-corrected chi connectivity index (χ4v) is 4.16. The standard InChI is InChI=1S/C17H34N2/c1-4-18-16(15-9-6-5-7-10-15)13-19-12-8-11-17(2,3)14-19/h15-16,18H,4-14H2,1-3H3. The molecule has 0 amide bonds. The summed E-state index contributed by atoms with van der Waals surface area (Å²) < 4.78 is 0. The van der Waals surface area contributed by atoms with E-state index in [4.69, 9.17) is 0 Å². The van der Waals surface area contributed by atoms with Crippen molar-refractivity contribution in [1.82, 2.24) is 10.2 Å². The van der Waals surface area contributed by atoms with Gasteiger partial charge in [0.2, 0.25) is 0 Å². The molecule has 0 bridgehead atoms. The van der Waals surface area contributed by atoms with Gasteiger partial charge in [0.1, 0.15) is 0 Å². The van der Waals surface area contributed by atoms with Crippen molar-refractivity contribution in [3.05, 3.63) is 0 Å². The van der Waals surface area contributed by atoms with Gasteiger partial charge in [-0.05, 0) is 50.1 Å². The largest absolute Gasteiger partial charge is 0.313 e. The van der Waals surface area contributed by atoms with E-state index in [9.17, 15) is 0 Å². The molecule has 19 heavy (non-hydrogen) atoms. The third-order valence-corrected chi connectivity index (χ3v) is 5.12. The Kier molecular flexibility index (Phi) is 5.70. The molecular weight excluding hydrogens is 232 g/mol. The van der Waals surface area contributed by atoms with E-state index >= 15 is 0 Å². The van der Waals surface area contributed by atoms with Crippen molar-refractivity contribution in [3.8, 4) is 0 Å². The van der Waals surface area contributed by atoms with Crippen LogP contribution in [-0.2, 0) is 0 Å². The minimum absolute atomic E-state index is 0.529. The molecule has 1 saturated heterocycles. The van der Waals surface area contributed by atoms with Crippen LogP contribution in [0.2, 0.25) is 0 Å². The Morgan fingerprint density at radius 3 is 2.53 bits per heavy atom. The lowest BCUT2D eigenvalue weighted by atomic mass is 9.81. The second-order valence-electron chi connectivity index (χ2n) is 7.57. The molecule has 2 fully saturated rings. The number of nitrogens with one attached hydrogen (secondary N) is 1. The lowest BCUT2D eigenvalue weighted by Gasteiger charge is -2.41. The SMILES string of the molecule is CCNC(CN1CCCC(C)(C)C1)C1CCCCC1. The van der Waals surface area contributed by atoms with Crippen LogP contribution in [0.4, 0.5) is 0 Å². The summed E-state index contributed by atoms with van der Waals surface area (Å²) in [5.41, 5.74) is 0.529. The third kappa shape index (κ3) is 4.75. The highest BCUT2D eigenvalue weighted by molar-refractivity contribution is 4.86. The minimum Gasteiger partial charge on any atom is -0.313 e. The zero-order chi connectivity index (χ0) is 13.7. The first-order valence-electron chi connectivity index (χ1n) is 8.56. The monoisotopic (exact) mass is 266 g/mol. The Morgan fingerprint density at radius 1 is 1.16 bits per heavy atom. The van der Waals surface area contributed by atoms with Gasteiger partial charge in [0.15, 0.2) is 0 Å². The lowest BCUT2D eigenvalue weighted by molar-refractivity contribution is 0.0933. The average molecular weight is 266 g/mol. The molecule has 1 saturated carbocycles. The summed E-state index contributed by atoms with van der Waals surface area (Å²) in [6.45, 7) is 12.1. The Balaban J connectivity index is 1.88. The van der Waals surface area contributed by atoms with Crippen molar-refractivity contribution >= 4 is 0 Å². The second kappa shape index (κ2) is 7.08. The number of hydrogen-bond donors (Lipinski definition) is 1. The fraction of sp³-hybridized carbons (Fsp3) is 1.00. The maximum absolute atomic E-state index is 3.79. The molecule has 2 heteroatoms. The van der Waals surface area contributed by atoms with Gasteiger partial charge in [-0.15, -0.1) is 0 Å². The molecule has 0 aromatic carbocycles. The molecule has 1 aliphatic heterocycles. The van der Waals surface area contributed by atoms with Crippen LogP contribution in [0.15, 0.2) is 0 Å². The van der Waals surface area contributed by atoms with Crippen molar-refractivity contribution < 1.29 is 0 Å². The predicted octanol–water partition coefficient (Wildman–Crippen LogP) is 3.67. The molecule has 1 N–H and O–H groups in total. The van der Waals surface area contributed by atoms with Crippen LogP contribution in [-0.4, -0.2) is 37.1 Å². The van der Waals surface area contributed by atoms with Crippen LogP contribution in [0.1, 0.15) is 65.7 Å². The van der Waals surface area contributed by atoms with Crippen LogP contribution in [0.25, 0.3) is 0 Å². The Bertz CT molecular complexity index is 256. The molecule has 0 aromatic rings. The topological polar surface area (TPSA) is 15.3 Å². The van der Waals surface area contributed by atoms with Crippen LogP contribution >= 0.6 is 0 Å². The van der Waals surface area contributed by atoms with E-state index in [1.54, 1.807) is 0 Å². The van der Waals surface area contributed by atoms with Crippen molar-refractivity contribution in [1.29, 1.82) is 0 Å². The van der Waals surface area contributed by atoms with Crippen molar-refractivity contribution in [3.63, 3.8) is 0 Å². The van der Waals surface area contributed by atoms with Gasteiger partial charge in [0.05, 0.1) is 0 Å². The van der Waals surface area contributed by atoms with E-state index in [-0.39, 0.29) is 0 Å². The average Bonchev–Trinajstić information content (AvgIpc) is 2.38. The number of hydrogen-bond acceptors (Lipinski definition) is 2. The summed E-state index contributed by atoms with van der Waals surface area (Å²) in [6, 6.07) is 0.735. The van der Waals surface area contributed by atoms with Crippen LogP contribution in [0.5, 0.6) is 0 Å². The smallest absolute Gasteiger partial charge is 0.0223 e. The normalized spacial score (nSPS) is 27.3. The Hall–Kier alpha value is -0.0800. The first-order chi connectivity index (χ1) is 9.11. The van der Waals surface area contributed by atoms with E-state index in [1.165, 1.54) is 64.6 Å². The van der Waals surface area contributed by atoms with E-state index < -0.39 is 0 Å². The predicted molar refractivity (Wildman–Crippen MR) is 83.5 cm³/mol. The van der Waals surface area contributed by atoms with Gasteiger partial charge in [-0.25, -0.2) is 0 Å². The van der Waals surface area contributed by atoms with Gasteiger partial charge in [0.25, 0.3) is 0 Å². The summed E-state index contributed by atoms with van der Waals surface area (Å²) >= 11 is 0. The highest BCUT2D eigenvalue weighted by Gasteiger charge is 2.30. The van der Waals surface area contributed by atoms with E-state index in [1.807, 2.05) is 0 Å². The molecule has 112 valence electrons. The van der Waals surface area contributed by atoms with Gasteiger partial charge >= 0.3 is 0 Å². The van der Waals surface area contributed by atoms with Gasteiger partial charge in [0, 0.05) is 19.1 Å². The van der Waals surface area contributed by atoms with Crippen LogP contribution < -0.4 is 5.32 Å². The Morgan fingerprint density at radius 2 is 1.89 bits per heavy atom. The summed E-state index contributed by atoms with van der Waals surface area (Å²) in [6.07, 6.45) is 10.1. The molecule has 1 atom stereocenters. The first kappa shape index (κ1) is 15.3. The minimum atomic E-state index is 0.529. The molecule has 1 unspecified atom stereocenters. The lowest BCUT2D eigenvalue weighted by Crippen LogP contribution is -2.50. The fourth-order valence-electron chi connectivity index (χ4n) is 4.16. The molecule has 1 aliphatic carbocycles. The summed E-state index contributed by atoms with van der Waals surface area (Å²) in [5.74, 6) is 0.929. The van der Waals surface area contributed by atoms with Crippen molar-refractivity contribution in [2.24, 2.45) is 11.3 Å². The number of piperidine rings is 1. The third-order valence-electron chi connectivity index (χ3n) is 5.12. The zero-order valence-corrected chi connectivity index (χ0v) is 13.4. The van der Waals surface area contributed by atoms with E-state index in [2.05, 4.69) is 31.0 Å². The molecule has 0 radical (unpaired) electrons. The summed E-state index contributed by atoms with van der Waals surface area (Å²) in [7, 11) is 0. The highest BCUT2D eigenvalue weighted by Crippen LogP contribution is 2.31. The maximum atomic E-state index is 3.79. The van der Waals surface area contributed by atoms with Crippen LogP contribution in [0.3, 0.4) is 0 Å². The van der Waals surface area contributed by atoms with Gasteiger partial charge in [-0.3, -0.25) is 0 Å². The molecule has 2 aliphatic rings. The first-order valence-corrected chi connectivity index (χ1v) is 8.56. The molecule has 0 aromatic heterocycles. The second-order valence-corrected chi connectivity index (χ2v) is 7.57. The molecular formula is C17H34N2. The Labute approximate surface area is 120 Å². The highest BCUT2D eigenvalue weighted by atomic mass is 15.2. The molecule has 1 heterocycles. The quantitative estimate of drug-likeness (QED) is 0.817. The van der Waals surface area contributed by atoms with E-state index in [0.29, 0.717) is 5.41 Å². The van der Waals surface area contributed by atoms with Gasteiger partial charge in [-0.1, -0.05) is 40.0 Å². The molecule has 0 spiro atoms. The van der Waals surface area contributed by atoms with Gasteiger partial charge in [-0.2, -0.15) is 0 Å².